The maximum Gasteiger partial charge on any atom is 0.340 e. The maximum absolute atomic E-state index is 13.3. The molecular weight excluding hydrogens is 379 g/mol. The molecule has 29 heavy (non-hydrogen) atoms. The number of Topliss-reactive ketones (excluding diaryl/α,β-unsaturated/α-hetero) is 1. The van der Waals surface area contributed by atoms with Crippen LogP contribution in [-0.4, -0.2) is 34.4 Å². The minimum Gasteiger partial charge on any atom is -0.506 e. The Labute approximate surface area is 165 Å². The molecule has 148 valence electrons. The molecular formula is C21H17FN2O5. The van der Waals surface area contributed by atoms with Crippen LogP contribution in [0, 0.1) is 12.7 Å². The van der Waals surface area contributed by atoms with Crippen LogP contribution in [-0.2, 0) is 9.53 Å². The van der Waals surface area contributed by atoms with Crippen LogP contribution >= 0.6 is 0 Å². The quantitative estimate of drug-likeness (QED) is 0.389. The number of nitrogens with one attached hydrogen (secondary N) is 1. The Balaban J connectivity index is 1.74. The molecule has 1 heterocycles. The molecule has 3 rings (SSSR count). The van der Waals surface area contributed by atoms with Crippen LogP contribution in [0.1, 0.15) is 33.3 Å². The summed E-state index contributed by atoms with van der Waals surface area (Å²) < 4.78 is 18.4. The zero-order valence-electron chi connectivity index (χ0n) is 15.7. The molecule has 1 amide bonds. The highest BCUT2D eigenvalue weighted by Gasteiger charge is 2.17. The minimum atomic E-state index is -0.740. The first-order chi connectivity index (χ1) is 13.7. The summed E-state index contributed by atoms with van der Waals surface area (Å²) in [6.45, 7) is 2.32. The second-order valence-electron chi connectivity index (χ2n) is 6.37. The number of esters is 1. The molecule has 2 N–H and O–H groups in total. The third kappa shape index (κ3) is 4.55. The van der Waals surface area contributed by atoms with E-state index in [0.29, 0.717) is 16.6 Å². The zero-order valence-corrected chi connectivity index (χ0v) is 15.7. The summed E-state index contributed by atoms with van der Waals surface area (Å²) in [7, 11) is 0. The number of ketones is 1. The smallest absolute Gasteiger partial charge is 0.340 e. The van der Waals surface area contributed by atoms with Gasteiger partial charge in [0, 0.05) is 23.9 Å². The maximum atomic E-state index is 13.3. The fourth-order valence-electron chi connectivity index (χ4n) is 2.73. The van der Waals surface area contributed by atoms with Crippen LogP contribution < -0.4 is 5.32 Å². The molecule has 0 aliphatic carbocycles. The lowest BCUT2D eigenvalue weighted by molar-refractivity contribution is -0.114. The topological polar surface area (TPSA) is 106 Å². The summed E-state index contributed by atoms with van der Waals surface area (Å²) >= 11 is 0. The molecule has 0 unspecified atom stereocenters. The minimum absolute atomic E-state index is 0.0801. The number of anilines is 1. The van der Waals surface area contributed by atoms with Gasteiger partial charge in [-0.25, -0.2) is 9.18 Å². The third-order valence-corrected chi connectivity index (χ3v) is 4.15. The average molecular weight is 396 g/mol. The molecule has 3 aromatic rings. The number of aryl methyl sites for hydroxylation is 1. The Bertz CT molecular complexity index is 1140. The van der Waals surface area contributed by atoms with Crippen LogP contribution in [0.15, 0.2) is 42.5 Å². The summed E-state index contributed by atoms with van der Waals surface area (Å²) in [4.78, 5) is 40.1. The number of carbonyl (C=O) groups excluding carboxylic acids is 3. The van der Waals surface area contributed by atoms with Crippen LogP contribution in [0.5, 0.6) is 5.75 Å². The predicted octanol–water partition coefficient (Wildman–Crippen LogP) is 3.39. The number of phenols is 1. The summed E-state index contributed by atoms with van der Waals surface area (Å²) in [6.07, 6.45) is 0. The molecule has 0 radical (unpaired) electrons. The van der Waals surface area contributed by atoms with Crippen molar-refractivity contribution in [2.24, 2.45) is 0 Å². The molecule has 0 aliphatic heterocycles. The van der Waals surface area contributed by atoms with Gasteiger partial charge in [0.1, 0.15) is 11.6 Å². The molecule has 2 aromatic carbocycles. The summed E-state index contributed by atoms with van der Waals surface area (Å²) in [5, 5.41) is 12.7. The van der Waals surface area contributed by atoms with Gasteiger partial charge < -0.3 is 15.2 Å². The van der Waals surface area contributed by atoms with E-state index < -0.39 is 30.1 Å². The van der Waals surface area contributed by atoms with Gasteiger partial charge in [-0.15, -0.1) is 0 Å². The molecule has 0 fully saturated rings. The van der Waals surface area contributed by atoms with Crippen molar-refractivity contribution in [2.45, 2.75) is 13.8 Å². The molecule has 0 atom stereocenters. The first kappa shape index (κ1) is 19.9. The third-order valence-electron chi connectivity index (χ3n) is 4.15. The van der Waals surface area contributed by atoms with E-state index in [2.05, 4.69) is 10.3 Å². The number of hydrogen-bond acceptors (Lipinski definition) is 6. The fourth-order valence-corrected chi connectivity index (χ4v) is 2.73. The highest BCUT2D eigenvalue weighted by atomic mass is 19.1. The predicted molar refractivity (Wildman–Crippen MR) is 103 cm³/mol. The van der Waals surface area contributed by atoms with E-state index in [1.807, 2.05) is 0 Å². The number of fused-ring (bicyclic) bond motifs is 1. The van der Waals surface area contributed by atoms with E-state index in [9.17, 15) is 23.9 Å². The van der Waals surface area contributed by atoms with Crippen molar-refractivity contribution in [1.29, 1.82) is 0 Å². The lowest BCUT2D eigenvalue weighted by Gasteiger charge is -2.10. The number of hydrogen-bond donors (Lipinski definition) is 2. The normalized spacial score (nSPS) is 10.6. The van der Waals surface area contributed by atoms with E-state index in [1.165, 1.54) is 49.4 Å². The molecule has 0 bridgehead atoms. The Kier molecular flexibility index (Phi) is 5.54. The fraction of sp³-hybridized carbons (Fsp3) is 0.143. The van der Waals surface area contributed by atoms with E-state index >= 15 is 0 Å². The SMILES string of the molecule is CC(=O)Nc1cc(C(=O)COC(=O)c2cc3ccc(F)cc3nc2C)ccc1O. The number of nitrogens with zero attached hydrogens (tertiary/aromatic N) is 1. The number of benzene rings is 2. The van der Waals surface area contributed by atoms with Gasteiger partial charge in [0.05, 0.1) is 22.5 Å². The van der Waals surface area contributed by atoms with Crippen molar-refractivity contribution in [3.05, 3.63) is 65.1 Å². The molecule has 0 saturated heterocycles. The van der Waals surface area contributed by atoms with Crippen molar-refractivity contribution in [1.82, 2.24) is 4.98 Å². The van der Waals surface area contributed by atoms with E-state index in [1.54, 1.807) is 6.92 Å². The molecule has 0 aliphatic rings. The highest BCUT2D eigenvalue weighted by Crippen LogP contribution is 2.24. The summed E-state index contributed by atoms with van der Waals surface area (Å²) in [5.41, 5.74) is 1.16. The highest BCUT2D eigenvalue weighted by molar-refractivity contribution is 6.02. The van der Waals surface area contributed by atoms with E-state index in [4.69, 9.17) is 4.74 Å². The number of pyridine rings is 1. The largest absolute Gasteiger partial charge is 0.506 e. The van der Waals surface area contributed by atoms with Crippen LogP contribution in [0.4, 0.5) is 10.1 Å². The van der Waals surface area contributed by atoms with Crippen LogP contribution in [0.3, 0.4) is 0 Å². The van der Waals surface area contributed by atoms with E-state index in [0.717, 1.165) is 0 Å². The summed E-state index contributed by atoms with van der Waals surface area (Å²) in [6, 6.07) is 9.46. The van der Waals surface area contributed by atoms with Gasteiger partial charge in [-0.2, -0.15) is 0 Å². The molecule has 0 saturated carbocycles. The average Bonchev–Trinajstić information content (AvgIpc) is 2.66. The summed E-state index contributed by atoms with van der Waals surface area (Å²) in [5.74, 6) is -2.29. The number of aromatic hydroxyl groups is 1. The standard InChI is InChI=1S/C21H17FN2O5/c1-11-16(7-13-3-5-15(22)9-17(13)23-11)21(28)29-10-20(27)14-4-6-19(26)18(8-14)24-12(2)25/h3-9,26H,10H2,1-2H3,(H,24,25). The lowest BCUT2D eigenvalue weighted by Crippen LogP contribution is -2.16. The Morgan fingerprint density at radius 3 is 2.62 bits per heavy atom. The Morgan fingerprint density at radius 1 is 1.14 bits per heavy atom. The van der Waals surface area contributed by atoms with E-state index in [-0.39, 0.29) is 22.6 Å². The lowest BCUT2D eigenvalue weighted by atomic mass is 10.1. The second kappa shape index (κ2) is 8.05. The Morgan fingerprint density at radius 2 is 1.90 bits per heavy atom. The number of rotatable bonds is 5. The number of ether oxygens (including phenoxy) is 1. The van der Waals surface area contributed by atoms with Gasteiger partial charge in [0.25, 0.3) is 0 Å². The Hall–Kier alpha value is -3.81. The number of carbonyl (C=O) groups is 3. The van der Waals surface area contributed by atoms with Crippen molar-refractivity contribution in [3.63, 3.8) is 0 Å². The number of amides is 1. The van der Waals surface area contributed by atoms with Crippen molar-refractivity contribution >= 4 is 34.3 Å². The van der Waals surface area contributed by atoms with Gasteiger partial charge in [0.2, 0.25) is 5.91 Å². The van der Waals surface area contributed by atoms with Gasteiger partial charge >= 0.3 is 5.97 Å². The first-order valence-corrected chi connectivity index (χ1v) is 8.62. The van der Waals surface area contributed by atoms with Gasteiger partial charge in [0.15, 0.2) is 12.4 Å². The number of aromatic nitrogens is 1. The first-order valence-electron chi connectivity index (χ1n) is 8.62. The molecule has 7 nitrogen and oxygen atoms in total. The number of halogens is 1. The van der Waals surface area contributed by atoms with Crippen molar-refractivity contribution in [2.75, 3.05) is 11.9 Å². The van der Waals surface area contributed by atoms with Gasteiger partial charge in [-0.1, -0.05) is 0 Å². The number of phenolic OH excluding ortho intramolecular Hbond substituents is 1. The molecule has 0 spiro atoms. The molecule has 8 heteroatoms. The van der Waals surface area contributed by atoms with Crippen molar-refractivity contribution in [3.8, 4) is 5.75 Å². The van der Waals surface area contributed by atoms with Crippen LogP contribution in [0.2, 0.25) is 0 Å². The monoisotopic (exact) mass is 396 g/mol. The van der Waals surface area contributed by atoms with Crippen LogP contribution in [0.25, 0.3) is 10.9 Å². The second-order valence-corrected chi connectivity index (χ2v) is 6.37. The van der Waals surface area contributed by atoms with Gasteiger partial charge in [-0.3, -0.25) is 14.6 Å². The van der Waals surface area contributed by atoms with Crippen molar-refractivity contribution < 1.29 is 28.6 Å². The zero-order chi connectivity index (χ0) is 21.1. The van der Waals surface area contributed by atoms with Gasteiger partial charge in [-0.05, 0) is 43.3 Å². The molecule has 1 aromatic heterocycles.